The number of hydrogen-bond donors (Lipinski definition) is 1. The summed E-state index contributed by atoms with van der Waals surface area (Å²) in [5, 5.41) is 3.03. The van der Waals surface area contributed by atoms with Gasteiger partial charge in [0.1, 0.15) is 5.82 Å². The zero-order valence-corrected chi connectivity index (χ0v) is 14.2. The van der Waals surface area contributed by atoms with Crippen LogP contribution >= 0.6 is 11.6 Å². The number of likely N-dealkylation sites (tertiary alicyclic amines) is 1. The van der Waals surface area contributed by atoms with E-state index in [2.05, 4.69) is 10.3 Å². The van der Waals surface area contributed by atoms with Crippen LogP contribution in [0, 0.1) is 11.7 Å². The summed E-state index contributed by atoms with van der Waals surface area (Å²) in [5.74, 6) is -1.08. The van der Waals surface area contributed by atoms with Crippen molar-refractivity contribution in [3.05, 3.63) is 64.7 Å². The molecule has 1 N–H and O–H groups in total. The van der Waals surface area contributed by atoms with Crippen LogP contribution in [0.25, 0.3) is 0 Å². The first kappa shape index (κ1) is 17.4. The van der Waals surface area contributed by atoms with Crippen molar-refractivity contribution in [2.24, 2.45) is 5.92 Å². The van der Waals surface area contributed by atoms with E-state index < -0.39 is 11.7 Å². The summed E-state index contributed by atoms with van der Waals surface area (Å²) in [6.07, 6.45) is 3.56. The first-order chi connectivity index (χ1) is 12.0. The monoisotopic (exact) mass is 361 g/mol. The molecule has 1 atom stereocenters. The van der Waals surface area contributed by atoms with Gasteiger partial charge in [-0.2, -0.15) is 0 Å². The van der Waals surface area contributed by atoms with Gasteiger partial charge in [0, 0.05) is 43.5 Å². The summed E-state index contributed by atoms with van der Waals surface area (Å²) in [5.41, 5.74) is 1.56. The second kappa shape index (κ2) is 7.61. The van der Waals surface area contributed by atoms with Crippen LogP contribution in [0.15, 0.2) is 42.7 Å². The summed E-state index contributed by atoms with van der Waals surface area (Å²) >= 11 is 5.95. The lowest BCUT2D eigenvalue weighted by Gasteiger charge is -2.16. The maximum absolute atomic E-state index is 13.0. The van der Waals surface area contributed by atoms with Crippen LogP contribution in [-0.2, 0) is 22.7 Å². The van der Waals surface area contributed by atoms with E-state index in [9.17, 15) is 14.0 Å². The van der Waals surface area contributed by atoms with Crippen molar-refractivity contribution in [2.75, 3.05) is 6.54 Å². The minimum Gasteiger partial charge on any atom is -0.352 e. The fraction of sp³-hybridized carbons (Fsp3) is 0.278. The van der Waals surface area contributed by atoms with Crippen LogP contribution in [0.1, 0.15) is 17.5 Å². The third-order valence-electron chi connectivity index (χ3n) is 4.15. The van der Waals surface area contributed by atoms with Crippen molar-refractivity contribution in [3.63, 3.8) is 0 Å². The van der Waals surface area contributed by atoms with Gasteiger partial charge in [-0.1, -0.05) is 23.7 Å². The Morgan fingerprint density at radius 3 is 2.96 bits per heavy atom. The van der Waals surface area contributed by atoms with Crippen molar-refractivity contribution in [1.82, 2.24) is 15.2 Å². The lowest BCUT2D eigenvalue weighted by atomic mass is 10.1. The van der Waals surface area contributed by atoms with E-state index in [0.29, 0.717) is 18.7 Å². The highest BCUT2D eigenvalue weighted by molar-refractivity contribution is 6.31. The van der Waals surface area contributed by atoms with Crippen LogP contribution in [0.4, 0.5) is 4.39 Å². The Hall–Kier alpha value is -2.47. The third-order valence-corrected chi connectivity index (χ3v) is 4.50. The number of benzene rings is 1. The van der Waals surface area contributed by atoms with Crippen LogP contribution in [0.2, 0.25) is 5.02 Å². The molecule has 2 aromatic rings. The lowest BCUT2D eigenvalue weighted by Crippen LogP contribution is -2.32. The minimum atomic E-state index is -0.424. The molecular weight excluding hydrogens is 345 g/mol. The molecule has 0 spiro atoms. The van der Waals surface area contributed by atoms with Crippen molar-refractivity contribution in [3.8, 4) is 0 Å². The Labute approximate surface area is 149 Å². The van der Waals surface area contributed by atoms with Gasteiger partial charge in [-0.3, -0.25) is 14.6 Å². The van der Waals surface area contributed by atoms with Gasteiger partial charge in [-0.25, -0.2) is 4.39 Å². The standard InChI is InChI=1S/C18H17ClFN3O2/c19-16-7-15(20)4-3-13(16)9-22-18(25)14-6-17(24)23(11-14)10-12-2-1-5-21-8-12/h1-5,7-8,14H,6,9-11H2,(H,22,25). The number of hydrogen-bond acceptors (Lipinski definition) is 3. The topological polar surface area (TPSA) is 62.3 Å². The Morgan fingerprint density at radius 2 is 2.24 bits per heavy atom. The Morgan fingerprint density at radius 1 is 1.40 bits per heavy atom. The van der Waals surface area contributed by atoms with E-state index in [-0.39, 0.29) is 29.8 Å². The van der Waals surface area contributed by atoms with Crippen LogP contribution in [-0.4, -0.2) is 28.2 Å². The maximum Gasteiger partial charge on any atom is 0.225 e. The fourth-order valence-electron chi connectivity index (χ4n) is 2.80. The molecule has 0 saturated carbocycles. The molecule has 2 amide bonds. The largest absolute Gasteiger partial charge is 0.352 e. The Kier molecular flexibility index (Phi) is 5.28. The van der Waals surface area contributed by atoms with Gasteiger partial charge in [0.25, 0.3) is 0 Å². The average Bonchev–Trinajstić information content (AvgIpc) is 2.95. The van der Waals surface area contributed by atoms with Crippen LogP contribution < -0.4 is 5.32 Å². The first-order valence-corrected chi connectivity index (χ1v) is 8.29. The molecule has 1 aromatic heterocycles. The van der Waals surface area contributed by atoms with Crippen molar-refractivity contribution >= 4 is 23.4 Å². The number of pyridine rings is 1. The summed E-state index contributed by atoms with van der Waals surface area (Å²) in [7, 11) is 0. The molecule has 1 unspecified atom stereocenters. The average molecular weight is 362 g/mol. The molecule has 7 heteroatoms. The predicted molar refractivity (Wildman–Crippen MR) is 91.0 cm³/mol. The summed E-state index contributed by atoms with van der Waals surface area (Å²) < 4.78 is 13.0. The summed E-state index contributed by atoms with van der Waals surface area (Å²) in [6.45, 7) is 1.02. The molecular formula is C18H17ClFN3O2. The molecule has 0 bridgehead atoms. The normalized spacial score (nSPS) is 17.0. The maximum atomic E-state index is 13.0. The second-order valence-electron chi connectivity index (χ2n) is 5.99. The van der Waals surface area contributed by atoms with Gasteiger partial charge < -0.3 is 10.2 Å². The molecule has 1 aromatic carbocycles. The molecule has 130 valence electrons. The van der Waals surface area contributed by atoms with Gasteiger partial charge >= 0.3 is 0 Å². The predicted octanol–water partition coefficient (Wildman–Crippen LogP) is 2.54. The molecule has 25 heavy (non-hydrogen) atoms. The number of nitrogens with one attached hydrogen (secondary N) is 1. The molecule has 0 radical (unpaired) electrons. The van der Waals surface area contributed by atoms with Crippen molar-refractivity contribution in [2.45, 2.75) is 19.5 Å². The van der Waals surface area contributed by atoms with E-state index in [1.54, 1.807) is 17.3 Å². The number of rotatable bonds is 5. The third kappa shape index (κ3) is 4.33. The van der Waals surface area contributed by atoms with Crippen molar-refractivity contribution < 1.29 is 14.0 Å². The second-order valence-corrected chi connectivity index (χ2v) is 6.40. The van der Waals surface area contributed by atoms with E-state index in [1.165, 1.54) is 18.2 Å². The zero-order chi connectivity index (χ0) is 17.8. The highest BCUT2D eigenvalue weighted by Gasteiger charge is 2.34. The first-order valence-electron chi connectivity index (χ1n) is 7.91. The molecule has 5 nitrogen and oxygen atoms in total. The summed E-state index contributed by atoms with van der Waals surface area (Å²) in [6, 6.07) is 7.74. The highest BCUT2D eigenvalue weighted by atomic mass is 35.5. The summed E-state index contributed by atoms with van der Waals surface area (Å²) in [4.78, 5) is 30.1. The number of amides is 2. The number of carbonyl (C=O) groups is 2. The molecule has 3 rings (SSSR count). The van der Waals surface area contributed by atoms with Gasteiger partial charge in [0.2, 0.25) is 11.8 Å². The molecule has 1 aliphatic rings. The molecule has 2 heterocycles. The number of aromatic nitrogens is 1. The quantitative estimate of drug-likeness (QED) is 0.890. The Bertz CT molecular complexity index is 785. The Balaban J connectivity index is 1.55. The van der Waals surface area contributed by atoms with Gasteiger partial charge in [-0.05, 0) is 29.3 Å². The van der Waals surface area contributed by atoms with Gasteiger partial charge in [-0.15, -0.1) is 0 Å². The molecule has 0 aliphatic carbocycles. The number of halogens is 2. The molecule has 1 saturated heterocycles. The lowest BCUT2D eigenvalue weighted by molar-refractivity contribution is -0.129. The van der Waals surface area contributed by atoms with E-state index >= 15 is 0 Å². The molecule has 1 fully saturated rings. The van der Waals surface area contributed by atoms with Crippen molar-refractivity contribution in [1.29, 1.82) is 0 Å². The van der Waals surface area contributed by atoms with E-state index in [1.807, 2.05) is 12.1 Å². The van der Waals surface area contributed by atoms with E-state index in [0.717, 1.165) is 5.56 Å². The number of carbonyl (C=O) groups excluding carboxylic acids is 2. The van der Waals surface area contributed by atoms with Crippen LogP contribution in [0.5, 0.6) is 0 Å². The van der Waals surface area contributed by atoms with E-state index in [4.69, 9.17) is 11.6 Å². The van der Waals surface area contributed by atoms with Gasteiger partial charge in [0.15, 0.2) is 0 Å². The SMILES string of the molecule is O=C(NCc1ccc(F)cc1Cl)C1CC(=O)N(Cc2cccnc2)C1. The number of nitrogens with zero attached hydrogens (tertiary/aromatic N) is 2. The highest BCUT2D eigenvalue weighted by Crippen LogP contribution is 2.21. The smallest absolute Gasteiger partial charge is 0.225 e. The fourth-order valence-corrected chi connectivity index (χ4v) is 3.04. The zero-order valence-electron chi connectivity index (χ0n) is 13.4. The van der Waals surface area contributed by atoms with Crippen LogP contribution in [0.3, 0.4) is 0 Å². The minimum absolute atomic E-state index is 0.0520. The van der Waals surface area contributed by atoms with Gasteiger partial charge in [0.05, 0.1) is 5.92 Å². The molecule has 1 aliphatic heterocycles.